The van der Waals surface area contributed by atoms with Crippen LogP contribution in [0.5, 0.6) is 0 Å². The highest BCUT2D eigenvalue weighted by atomic mass is 15.1. The van der Waals surface area contributed by atoms with E-state index in [-0.39, 0.29) is 5.82 Å². The van der Waals surface area contributed by atoms with E-state index in [9.17, 15) is 0 Å². The van der Waals surface area contributed by atoms with E-state index in [1.165, 1.54) is 6.33 Å². The molecule has 0 unspecified atom stereocenters. The van der Waals surface area contributed by atoms with Gasteiger partial charge in [-0.05, 0) is 12.1 Å². The van der Waals surface area contributed by atoms with Gasteiger partial charge in [0.15, 0.2) is 11.6 Å². The number of hydrogen-bond acceptors (Lipinski definition) is 5. The molecule has 17 heavy (non-hydrogen) atoms. The smallest absolute Gasteiger partial charge is 0.167 e. The number of anilines is 2. The summed E-state index contributed by atoms with van der Waals surface area (Å²) < 4.78 is 1.79. The second-order valence-corrected chi connectivity index (χ2v) is 3.60. The maximum atomic E-state index is 5.87. The van der Waals surface area contributed by atoms with Gasteiger partial charge in [-0.2, -0.15) is 0 Å². The van der Waals surface area contributed by atoms with Gasteiger partial charge in [0.2, 0.25) is 0 Å². The summed E-state index contributed by atoms with van der Waals surface area (Å²) in [6, 6.07) is 7.73. The first-order chi connectivity index (χ1) is 8.27. The summed E-state index contributed by atoms with van der Waals surface area (Å²) in [5.41, 5.74) is 13.7. The van der Waals surface area contributed by atoms with Crippen LogP contribution >= 0.6 is 0 Å². The molecule has 3 rings (SSSR count). The molecule has 0 aliphatic rings. The van der Waals surface area contributed by atoms with Gasteiger partial charge in [0.25, 0.3) is 0 Å². The molecule has 0 saturated heterocycles. The van der Waals surface area contributed by atoms with Gasteiger partial charge in [-0.25, -0.2) is 15.0 Å². The number of hydrogen-bond donors (Lipinski definition) is 2. The molecule has 3 aromatic rings. The van der Waals surface area contributed by atoms with Gasteiger partial charge in [-0.3, -0.25) is 4.57 Å². The van der Waals surface area contributed by atoms with E-state index in [1.54, 1.807) is 10.9 Å². The van der Waals surface area contributed by atoms with E-state index in [2.05, 4.69) is 15.0 Å². The second kappa shape index (κ2) is 3.44. The summed E-state index contributed by atoms with van der Waals surface area (Å²) in [6.45, 7) is 0. The van der Waals surface area contributed by atoms with E-state index in [4.69, 9.17) is 11.5 Å². The zero-order chi connectivity index (χ0) is 11.8. The third kappa shape index (κ3) is 1.38. The maximum Gasteiger partial charge on any atom is 0.167 e. The van der Waals surface area contributed by atoms with Crippen LogP contribution in [0.4, 0.5) is 11.5 Å². The number of benzene rings is 1. The molecule has 6 nitrogen and oxygen atoms in total. The van der Waals surface area contributed by atoms with Crippen LogP contribution in [0.2, 0.25) is 0 Å². The predicted molar refractivity (Wildman–Crippen MR) is 65.5 cm³/mol. The molecule has 0 amide bonds. The minimum Gasteiger partial charge on any atom is -0.393 e. The molecule has 0 bridgehead atoms. The van der Waals surface area contributed by atoms with Crippen LogP contribution in [0, 0.1) is 0 Å². The van der Waals surface area contributed by atoms with Crippen molar-refractivity contribution in [2.75, 3.05) is 11.5 Å². The van der Waals surface area contributed by atoms with Crippen LogP contribution in [0.15, 0.2) is 36.9 Å². The fourth-order valence-electron chi connectivity index (χ4n) is 1.72. The zero-order valence-electron chi connectivity index (χ0n) is 8.91. The number of para-hydroxylation sites is 2. The molecule has 2 heterocycles. The first-order valence-electron chi connectivity index (χ1n) is 5.06. The monoisotopic (exact) mass is 226 g/mol. The highest BCUT2D eigenvalue weighted by molar-refractivity contribution is 5.79. The molecule has 0 radical (unpaired) electrons. The maximum absolute atomic E-state index is 5.87. The molecule has 6 heteroatoms. The number of aromatic nitrogens is 4. The fourth-order valence-corrected chi connectivity index (χ4v) is 1.72. The van der Waals surface area contributed by atoms with Crippen molar-refractivity contribution in [1.82, 2.24) is 19.5 Å². The Morgan fingerprint density at radius 2 is 1.82 bits per heavy atom. The normalized spacial score (nSPS) is 10.8. The third-order valence-electron chi connectivity index (χ3n) is 2.58. The van der Waals surface area contributed by atoms with Gasteiger partial charge in [0.1, 0.15) is 18.3 Å². The molecule has 2 aromatic heterocycles. The zero-order valence-corrected chi connectivity index (χ0v) is 8.91. The molecular formula is C11H10N6. The second-order valence-electron chi connectivity index (χ2n) is 3.60. The summed E-state index contributed by atoms with van der Waals surface area (Å²) in [5.74, 6) is 0.819. The largest absolute Gasteiger partial charge is 0.393 e. The molecular weight excluding hydrogens is 216 g/mol. The highest BCUT2D eigenvalue weighted by Gasteiger charge is 2.10. The molecule has 0 saturated carbocycles. The third-order valence-corrected chi connectivity index (χ3v) is 2.58. The predicted octanol–water partition coefficient (Wildman–Crippen LogP) is 0.980. The molecule has 0 atom stereocenters. The number of rotatable bonds is 1. The van der Waals surface area contributed by atoms with Crippen molar-refractivity contribution in [2.24, 2.45) is 0 Å². The Hall–Kier alpha value is -2.63. The number of nitrogens with zero attached hydrogens (tertiary/aromatic N) is 4. The summed E-state index contributed by atoms with van der Waals surface area (Å²) in [7, 11) is 0. The van der Waals surface area contributed by atoms with Gasteiger partial charge in [0.05, 0.1) is 11.0 Å². The van der Waals surface area contributed by atoms with Crippen LogP contribution in [0.1, 0.15) is 0 Å². The van der Waals surface area contributed by atoms with Crippen molar-refractivity contribution >= 4 is 22.5 Å². The van der Waals surface area contributed by atoms with Crippen molar-refractivity contribution in [3.8, 4) is 5.82 Å². The summed E-state index contributed by atoms with van der Waals surface area (Å²) in [6.07, 6.45) is 3.05. The van der Waals surface area contributed by atoms with Gasteiger partial charge in [-0.1, -0.05) is 12.1 Å². The summed E-state index contributed by atoms with van der Waals surface area (Å²) in [5, 5.41) is 0. The summed E-state index contributed by atoms with van der Waals surface area (Å²) >= 11 is 0. The van der Waals surface area contributed by atoms with Crippen molar-refractivity contribution in [3.05, 3.63) is 36.9 Å². The lowest BCUT2D eigenvalue weighted by molar-refractivity contribution is 1.00. The number of imidazole rings is 1. The lowest BCUT2D eigenvalue weighted by atomic mass is 10.3. The van der Waals surface area contributed by atoms with Crippen molar-refractivity contribution < 1.29 is 0 Å². The fraction of sp³-hybridized carbons (Fsp3) is 0. The molecule has 0 aliphatic carbocycles. The van der Waals surface area contributed by atoms with E-state index >= 15 is 0 Å². The lowest BCUT2D eigenvalue weighted by Crippen LogP contribution is -2.06. The van der Waals surface area contributed by atoms with Crippen LogP contribution in [0.3, 0.4) is 0 Å². The molecule has 1 aromatic carbocycles. The minimum atomic E-state index is 0.271. The minimum absolute atomic E-state index is 0.271. The highest BCUT2D eigenvalue weighted by Crippen LogP contribution is 2.22. The molecule has 0 fully saturated rings. The Kier molecular flexibility index (Phi) is 1.94. The van der Waals surface area contributed by atoms with Gasteiger partial charge in [0, 0.05) is 0 Å². The van der Waals surface area contributed by atoms with Crippen molar-refractivity contribution in [3.63, 3.8) is 0 Å². The van der Waals surface area contributed by atoms with Crippen LogP contribution in [-0.2, 0) is 0 Å². The SMILES string of the molecule is Nc1ncnc(-n2cnc3ccccc32)c1N. The van der Waals surface area contributed by atoms with Gasteiger partial charge in [-0.15, -0.1) is 0 Å². The quantitative estimate of drug-likeness (QED) is 0.644. The van der Waals surface area contributed by atoms with Crippen molar-refractivity contribution in [2.45, 2.75) is 0 Å². The molecule has 0 aliphatic heterocycles. The van der Waals surface area contributed by atoms with Crippen LogP contribution in [-0.4, -0.2) is 19.5 Å². The van der Waals surface area contributed by atoms with Crippen molar-refractivity contribution in [1.29, 1.82) is 0 Å². The average molecular weight is 226 g/mol. The Morgan fingerprint density at radius 3 is 2.71 bits per heavy atom. The van der Waals surface area contributed by atoms with Gasteiger partial charge >= 0.3 is 0 Å². The van der Waals surface area contributed by atoms with E-state index in [1.807, 2.05) is 24.3 Å². The Bertz CT molecular complexity index is 687. The number of nitrogens with two attached hydrogens (primary N) is 2. The van der Waals surface area contributed by atoms with E-state index in [0.29, 0.717) is 11.5 Å². The standard InChI is InChI=1S/C11H10N6/c12-9-10(13)14-5-15-11(9)17-6-16-7-3-1-2-4-8(7)17/h1-6H,12H2,(H2,13,14,15). The first kappa shape index (κ1) is 9.59. The molecule has 0 spiro atoms. The van der Waals surface area contributed by atoms with E-state index in [0.717, 1.165) is 11.0 Å². The van der Waals surface area contributed by atoms with E-state index < -0.39 is 0 Å². The Labute approximate surface area is 96.9 Å². The van der Waals surface area contributed by atoms with Gasteiger partial charge < -0.3 is 11.5 Å². The molecule has 84 valence electrons. The molecule has 4 N–H and O–H groups in total. The summed E-state index contributed by atoms with van der Waals surface area (Å²) in [4.78, 5) is 12.2. The average Bonchev–Trinajstić information content (AvgIpc) is 2.77. The first-order valence-corrected chi connectivity index (χ1v) is 5.06. The lowest BCUT2D eigenvalue weighted by Gasteiger charge is -2.07. The Balaban J connectivity index is 2.31. The van der Waals surface area contributed by atoms with Crippen LogP contribution in [0.25, 0.3) is 16.9 Å². The van der Waals surface area contributed by atoms with Crippen LogP contribution < -0.4 is 11.5 Å². The topological polar surface area (TPSA) is 95.6 Å². The number of fused-ring (bicyclic) bond motifs is 1. The Morgan fingerprint density at radius 1 is 1.00 bits per heavy atom. The number of nitrogen functional groups attached to an aromatic ring is 2.